The van der Waals surface area contributed by atoms with Crippen LogP contribution in [0, 0.1) is 0 Å². The predicted molar refractivity (Wildman–Crippen MR) is 52.7 cm³/mol. The van der Waals surface area contributed by atoms with E-state index in [1.54, 1.807) is 18.3 Å². The van der Waals surface area contributed by atoms with E-state index in [0.717, 1.165) is 5.39 Å². The zero-order chi connectivity index (χ0) is 9.26. The molecule has 1 aromatic heterocycles. The first-order chi connectivity index (χ1) is 6.29. The van der Waals surface area contributed by atoms with Gasteiger partial charge in [-0.2, -0.15) is 0 Å². The van der Waals surface area contributed by atoms with Crippen LogP contribution in [0.3, 0.4) is 0 Å². The third-order valence-electron chi connectivity index (χ3n) is 1.83. The summed E-state index contributed by atoms with van der Waals surface area (Å²) in [7, 11) is -2.06. The molecule has 0 unspecified atom stereocenters. The van der Waals surface area contributed by atoms with Crippen molar-refractivity contribution in [3.05, 3.63) is 36.5 Å². The fraction of sp³-hybridized carbons (Fsp3) is 0. The maximum absolute atomic E-state index is 9.10. The summed E-state index contributed by atoms with van der Waals surface area (Å²) in [6, 6.07) is 9.08. The molecule has 4 heteroatoms. The Morgan fingerprint density at radius 3 is 2.62 bits per heavy atom. The lowest BCUT2D eigenvalue weighted by Gasteiger charge is -2.05. The van der Waals surface area contributed by atoms with Gasteiger partial charge < -0.3 is 9.79 Å². The minimum atomic E-state index is -2.06. The number of rotatable bonds is 1. The Kier molecular flexibility index (Phi) is 2.23. The minimum Gasteiger partial charge on any atom is -0.347 e. The highest BCUT2D eigenvalue weighted by molar-refractivity contribution is 7.54. The van der Waals surface area contributed by atoms with Crippen LogP contribution in [-0.2, 0) is 0 Å². The van der Waals surface area contributed by atoms with Crippen molar-refractivity contribution in [1.82, 2.24) is 4.98 Å². The highest BCUT2D eigenvalue weighted by Crippen LogP contribution is 2.25. The average Bonchev–Trinajstić information content (AvgIpc) is 2.17. The van der Waals surface area contributed by atoms with E-state index in [2.05, 4.69) is 4.98 Å². The molecule has 1 aromatic carbocycles. The standard InChI is InChI=1S/C9H8NO2P/c11-13(12)8-5-1-3-7-4-2-6-10-9(7)8/h1-6,11-12H. The molecule has 13 heavy (non-hydrogen) atoms. The lowest BCUT2D eigenvalue weighted by Crippen LogP contribution is -2.02. The second kappa shape index (κ2) is 3.38. The van der Waals surface area contributed by atoms with Crippen LogP contribution in [0.2, 0.25) is 0 Å². The van der Waals surface area contributed by atoms with Crippen molar-refractivity contribution in [1.29, 1.82) is 0 Å². The van der Waals surface area contributed by atoms with Crippen LogP contribution in [0.15, 0.2) is 36.5 Å². The Morgan fingerprint density at radius 1 is 1.08 bits per heavy atom. The number of benzene rings is 1. The second-order valence-electron chi connectivity index (χ2n) is 2.64. The van der Waals surface area contributed by atoms with E-state index in [1.807, 2.05) is 18.2 Å². The highest BCUT2D eigenvalue weighted by atomic mass is 31.2. The molecule has 0 radical (unpaired) electrons. The van der Waals surface area contributed by atoms with E-state index in [1.165, 1.54) is 0 Å². The number of aromatic nitrogens is 1. The Bertz CT molecular complexity index is 425. The maximum atomic E-state index is 9.10. The fourth-order valence-electron chi connectivity index (χ4n) is 1.25. The van der Waals surface area contributed by atoms with Gasteiger partial charge >= 0.3 is 0 Å². The van der Waals surface area contributed by atoms with Gasteiger partial charge in [0.15, 0.2) is 0 Å². The Hall–Kier alpha value is -1.02. The van der Waals surface area contributed by atoms with Gasteiger partial charge in [-0.25, -0.2) is 0 Å². The molecule has 0 aliphatic carbocycles. The van der Waals surface area contributed by atoms with Crippen LogP contribution in [0.4, 0.5) is 0 Å². The number of hydrogen-bond donors (Lipinski definition) is 2. The largest absolute Gasteiger partial charge is 0.347 e. The van der Waals surface area contributed by atoms with Crippen LogP contribution in [-0.4, -0.2) is 14.8 Å². The first-order valence-electron chi connectivity index (χ1n) is 3.80. The zero-order valence-corrected chi connectivity index (χ0v) is 7.65. The predicted octanol–water partition coefficient (Wildman–Crippen LogP) is 1.16. The van der Waals surface area contributed by atoms with Crippen LogP contribution in [0.1, 0.15) is 0 Å². The fourth-order valence-corrected chi connectivity index (χ4v) is 1.85. The van der Waals surface area contributed by atoms with Crippen molar-refractivity contribution < 1.29 is 9.79 Å². The average molecular weight is 193 g/mol. The molecule has 2 N–H and O–H groups in total. The highest BCUT2D eigenvalue weighted by Gasteiger charge is 2.08. The molecule has 1 heterocycles. The minimum absolute atomic E-state index is 0.508. The summed E-state index contributed by atoms with van der Waals surface area (Å²) in [5, 5.41) is 1.43. The first kappa shape index (κ1) is 8.57. The Balaban J connectivity index is 2.76. The number of fused-ring (bicyclic) bond motifs is 1. The monoisotopic (exact) mass is 193 g/mol. The van der Waals surface area contributed by atoms with Crippen LogP contribution in [0.5, 0.6) is 0 Å². The molecule has 3 nitrogen and oxygen atoms in total. The molecule has 0 fully saturated rings. The van der Waals surface area contributed by atoms with Crippen LogP contribution < -0.4 is 5.30 Å². The molecular weight excluding hydrogens is 185 g/mol. The van der Waals surface area contributed by atoms with Gasteiger partial charge in [0.25, 0.3) is 0 Å². The smallest absolute Gasteiger partial charge is 0.201 e. The molecule has 2 aromatic rings. The second-order valence-corrected chi connectivity index (χ2v) is 3.70. The first-order valence-corrected chi connectivity index (χ1v) is 5.05. The summed E-state index contributed by atoms with van der Waals surface area (Å²) < 4.78 is 0. The Morgan fingerprint density at radius 2 is 1.85 bits per heavy atom. The normalized spacial score (nSPS) is 11.0. The van der Waals surface area contributed by atoms with Gasteiger partial charge in [0, 0.05) is 11.6 Å². The van der Waals surface area contributed by atoms with Gasteiger partial charge in [0.2, 0.25) is 8.38 Å². The SMILES string of the molecule is OP(O)c1cccc2cccnc12. The van der Waals surface area contributed by atoms with E-state index >= 15 is 0 Å². The van der Waals surface area contributed by atoms with Gasteiger partial charge in [0.05, 0.1) is 10.8 Å². The topological polar surface area (TPSA) is 53.4 Å². The Labute approximate surface area is 76.6 Å². The summed E-state index contributed by atoms with van der Waals surface area (Å²) in [6.07, 6.45) is 1.64. The van der Waals surface area contributed by atoms with Crippen molar-refractivity contribution in [3.8, 4) is 0 Å². The number of pyridine rings is 1. The molecule has 0 aliphatic heterocycles. The van der Waals surface area contributed by atoms with Crippen LogP contribution >= 0.6 is 8.38 Å². The molecule has 0 saturated carbocycles. The molecule has 0 saturated heterocycles. The summed E-state index contributed by atoms with van der Waals surface area (Å²) in [5.41, 5.74) is 0.668. The van der Waals surface area contributed by atoms with Crippen molar-refractivity contribution in [2.24, 2.45) is 0 Å². The van der Waals surface area contributed by atoms with Crippen LogP contribution in [0.25, 0.3) is 10.9 Å². The molecule has 0 aliphatic rings. The molecule has 2 rings (SSSR count). The van der Waals surface area contributed by atoms with Crippen molar-refractivity contribution in [2.75, 3.05) is 0 Å². The molecule has 66 valence electrons. The number of para-hydroxylation sites is 1. The zero-order valence-electron chi connectivity index (χ0n) is 6.75. The van der Waals surface area contributed by atoms with Gasteiger partial charge in [-0.3, -0.25) is 4.98 Å². The van der Waals surface area contributed by atoms with Gasteiger partial charge in [-0.05, 0) is 12.1 Å². The van der Waals surface area contributed by atoms with Gasteiger partial charge in [-0.15, -0.1) is 0 Å². The van der Waals surface area contributed by atoms with E-state index in [4.69, 9.17) is 9.79 Å². The summed E-state index contributed by atoms with van der Waals surface area (Å²) in [5.74, 6) is 0. The van der Waals surface area contributed by atoms with E-state index < -0.39 is 8.38 Å². The summed E-state index contributed by atoms with van der Waals surface area (Å²) in [6.45, 7) is 0. The lowest BCUT2D eigenvalue weighted by molar-refractivity contribution is 0.497. The molecule has 0 atom stereocenters. The van der Waals surface area contributed by atoms with Gasteiger partial charge in [-0.1, -0.05) is 18.2 Å². The third kappa shape index (κ3) is 1.54. The van der Waals surface area contributed by atoms with Gasteiger partial charge in [0.1, 0.15) is 0 Å². The van der Waals surface area contributed by atoms with E-state index in [0.29, 0.717) is 10.8 Å². The summed E-state index contributed by atoms with van der Waals surface area (Å²) >= 11 is 0. The molecular formula is C9H8NO2P. The quantitative estimate of drug-likeness (QED) is 0.668. The molecule has 0 bridgehead atoms. The lowest BCUT2D eigenvalue weighted by atomic mass is 10.2. The van der Waals surface area contributed by atoms with E-state index in [9.17, 15) is 0 Å². The number of hydrogen-bond acceptors (Lipinski definition) is 3. The third-order valence-corrected chi connectivity index (χ3v) is 2.62. The molecule has 0 spiro atoms. The van der Waals surface area contributed by atoms with E-state index in [-0.39, 0.29) is 0 Å². The van der Waals surface area contributed by atoms with Crippen molar-refractivity contribution in [2.45, 2.75) is 0 Å². The maximum Gasteiger partial charge on any atom is 0.201 e. The van der Waals surface area contributed by atoms with Crippen molar-refractivity contribution >= 4 is 24.6 Å². The van der Waals surface area contributed by atoms with Crippen molar-refractivity contribution in [3.63, 3.8) is 0 Å². The molecule has 0 amide bonds. The summed E-state index contributed by atoms with van der Waals surface area (Å²) in [4.78, 5) is 22.3. The number of nitrogens with zero attached hydrogens (tertiary/aromatic N) is 1.